The molecule has 1 unspecified atom stereocenters. The summed E-state index contributed by atoms with van der Waals surface area (Å²) < 4.78 is 42.3. The zero-order valence-corrected chi connectivity index (χ0v) is 16.5. The minimum atomic E-state index is -3.94. The lowest BCUT2D eigenvalue weighted by atomic mass is 9.94. The van der Waals surface area contributed by atoms with E-state index in [9.17, 15) is 17.6 Å². The first-order chi connectivity index (χ1) is 12.8. The van der Waals surface area contributed by atoms with Gasteiger partial charge in [-0.05, 0) is 17.7 Å². The third kappa shape index (κ3) is 4.81. The number of hydrogen-bond acceptors (Lipinski definition) is 7. The Morgan fingerprint density at radius 2 is 2.30 bits per heavy atom. The summed E-state index contributed by atoms with van der Waals surface area (Å²) in [6.07, 6.45) is 0. The first-order valence-corrected chi connectivity index (χ1v) is 10.4. The topological polar surface area (TPSA) is 109 Å². The number of anilines is 1. The van der Waals surface area contributed by atoms with Crippen LogP contribution in [0.1, 0.15) is 22.1 Å². The average Bonchev–Trinajstić information content (AvgIpc) is 3.04. The van der Waals surface area contributed by atoms with Crippen LogP contribution in [0.4, 0.5) is 9.52 Å². The molecule has 0 fully saturated rings. The molecule has 0 spiro atoms. The molecule has 1 atom stereocenters. The molecule has 27 heavy (non-hydrogen) atoms. The number of amides is 1. The van der Waals surface area contributed by atoms with Gasteiger partial charge in [-0.25, -0.2) is 13.6 Å². The Hall–Kier alpha value is -1.63. The fraction of sp³-hybridized carbons (Fsp3) is 0.333. The zero-order valence-electron chi connectivity index (χ0n) is 14.1. The smallest absolute Gasteiger partial charge is 0.310 e. The Morgan fingerprint density at radius 1 is 1.52 bits per heavy atom. The van der Waals surface area contributed by atoms with Gasteiger partial charge in [-0.15, -0.1) is 11.3 Å². The second-order valence-electron chi connectivity index (χ2n) is 5.66. The second kappa shape index (κ2) is 8.17. The van der Waals surface area contributed by atoms with E-state index in [0.29, 0.717) is 18.2 Å². The molecule has 3 rings (SSSR count). The van der Waals surface area contributed by atoms with Crippen molar-refractivity contribution >= 4 is 44.3 Å². The third-order valence-electron chi connectivity index (χ3n) is 3.87. The molecule has 12 heteroatoms. The van der Waals surface area contributed by atoms with E-state index in [2.05, 4.69) is 19.8 Å². The molecule has 1 amide bonds. The second-order valence-corrected chi connectivity index (χ2v) is 8.65. The van der Waals surface area contributed by atoms with Crippen LogP contribution in [0.25, 0.3) is 0 Å². The van der Waals surface area contributed by atoms with E-state index >= 15 is 0 Å². The van der Waals surface area contributed by atoms with Gasteiger partial charge in [0.25, 0.3) is 5.91 Å². The molecule has 2 heterocycles. The number of halogens is 2. The van der Waals surface area contributed by atoms with E-state index < -0.39 is 28.6 Å². The number of hydrogen-bond donors (Lipinski definition) is 3. The average molecular weight is 435 g/mol. The first-order valence-electron chi connectivity index (χ1n) is 7.82. The quantitative estimate of drug-likeness (QED) is 0.637. The number of thiazole rings is 1. The molecule has 0 bridgehead atoms. The summed E-state index contributed by atoms with van der Waals surface area (Å²) in [5, 5.41) is 6.12. The molecule has 0 saturated carbocycles. The van der Waals surface area contributed by atoms with Gasteiger partial charge in [-0.1, -0.05) is 17.7 Å². The molecule has 0 saturated heterocycles. The van der Waals surface area contributed by atoms with Gasteiger partial charge in [0, 0.05) is 30.9 Å². The predicted octanol–water partition coefficient (Wildman–Crippen LogP) is 1.59. The molecular formula is C15H16ClFN4O4S2. The highest BCUT2D eigenvalue weighted by molar-refractivity contribution is 7.84. The number of nitrogens with zero attached hydrogens (tertiary/aromatic N) is 1. The van der Waals surface area contributed by atoms with E-state index in [1.54, 1.807) is 12.1 Å². The minimum Gasteiger partial charge on any atom is -0.310 e. The summed E-state index contributed by atoms with van der Waals surface area (Å²) >= 11 is 7.16. The van der Waals surface area contributed by atoms with E-state index in [1.165, 1.54) is 24.5 Å². The molecule has 0 aliphatic carbocycles. The van der Waals surface area contributed by atoms with E-state index in [1.807, 2.05) is 4.72 Å². The SMILES string of the molecule is CNS(=O)(=O)OCC(=O)Nc1nc2c(s1)C(c1ccc(F)c(Cl)c1)CNC2. The van der Waals surface area contributed by atoms with E-state index in [4.69, 9.17) is 11.6 Å². The maximum atomic E-state index is 13.4. The van der Waals surface area contributed by atoms with Crippen molar-refractivity contribution in [1.82, 2.24) is 15.0 Å². The van der Waals surface area contributed by atoms with Crippen molar-refractivity contribution in [1.29, 1.82) is 0 Å². The number of aromatic nitrogens is 1. The van der Waals surface area contributed by atoms with Crippen molar-refractivity contribution in [2.24, 2.45) is 0 Å². The maximum absolute atomic E-state index is 13.4. The summed E-state index contributed by atoms with van der Waals surface area (Å²) in [6.45, 7) is 0.481. The van der Waals surface area contributed by atoms with E-state index in [0.717, 1.165) is 16.1 Å². The van der Waals surface area contributed by atoms with Gasteiger partial charge in [-0.3, -0.25) is 10.1 Å². The Balaban J connectivity index is 1.75. The summed E-state index contributed by atoms with van der Waals surface area (Å²) in [6, 6.07) is 4.55. The molecule has 0 radical (unpaired) electrons. The molecule has 1 aliphatic heterocycles. The Bertz CT molecular complexity index is 967. The Kier molecular flexibility index (Phi) is 6.08. The lowest BCUT2D eigenvalue weighted by molar-refractivity contribution is -0.118. The van der Waals surface area contributed by atoms with Crippen LogP contribution in [0, 0.1) is 5.82 Å². The predicted molar refractivity (Wildman–Crippen MR) is 99.6 cm³/mol. The molecule has 8 nitrogen and oxygen atoms in total. The summed E-state index contributed by atoms with van der Waals surface area (Å²) in [5.74, 6) is -1.22. The monoisotopic (exact) mass is 434 g/mol. The molecule has 1 aromatic heterocycles. The third-order valence-corrected chi connectivity index (χ3v) is 6.22. The normalized spacial score (nSPS) is 16.8. The molecule has 146 valence electrons. The highest BCUT2D eigenvalue weighted by Crippen LogP contribution is 2.37. The highest BCUT2D eigenvalue weighted by Gasteiger charge is 2.27. The first kappa shape index (κ1) is 20.1. The molecule has 1 aromatic carbocycles. The van der Waals surface area contributed by atoms with Gasteiger partial charge in [0.1, 0.15) is 12.4 Å². The summed E-state index contributed by atoms with van der Waals surface area (Å²) in [4.78, 5) is 17.2. The van der Waals surface area contributed by atoms with Crippen molar-refractivity contribution in [3.63, 3.8) is 0 Å². The maximum Gasteiger partial charge on any atom is 0.336 e. The number of carbonyl (C=O) groups is 1. The van der Waals surface area contributed by atoms with Gasteiger partial charge in [0.05, 0.1) is 10.7 Å². The number of rotatable bonds is 6. The highest BCUT2D eigenvalue weighted by atomic mass is 35.5. The van der Waals surface area contributed by atoms with Crippen molar-refractivity contribution in [2.75, 3.05) is 25.5 Å². The molecule has 3 N–H and O–H groups in total. The number of fused-ring (bicyclic) bond motifs is 1. The van der Waals surface area contributed by atoms with Crippen molar-refractivity contribution in [2.45, 2.75) is 12.5 Å². The fourth-order valence-corrected chi connectivity index (χ4v) is 4.28. The lowest BCUT2D eigenvalue weighted by Gasteiger charge is -2.22. The van der Waals surface area contributed by atoms with Crippen LogP contribution in [0.15, 0.2) is 18.2 Å². The molecule has 2 aromatic rings. The summed E-state index contributed by atoms with van der Waals surface area (Å²) in [7, 11) is -2.76. The van der Waals surface area contributed by atoms with E-state index in [-0.39, 0.29) is 10.9 Å². The van der Waals surface area contributed by atoms with Gasteiger partial charge in [0.15, 0.2) is 5.13 Å². The summed E-state index contributed by atoms with van der Waals surface area (Å²) in [5.41, 5.74) is 1.59. The van der Waals surface area contributed by atoms with Gasteiger partial charge in [0.2, 0.25) is 0 Å². The zero-order chi connectivity index (χ0) is 19.6. The van der Waals surface area contributed by atoms with Crippen molar-refractivity contribution in [3.05, 3.63) is 45.2 Å². The largest absolute Gasteiger partial charge is 0.336 e. The van der Waals surface area contributed by atoms with Crippen LogP contribution in [0.2, 0.25) is 5.02 Å². The number of carbonyl (C=O) groups excluding carboxylic acids is 1. The number of benzene rings is 1. The standard InChI is InChI=1S/C15H16ClFN4O4S2/c1-18-27(23,24)25-7-13(22)21-15-20-12-6-19-5-9(14(12)26-15)8-2-3-11(17)10(16)4-8/h2-4,9,18-19H,5-7H2,1H3,(H,20,21,22). The Labute approximate surface area is 164 Å². The van der Waals surface area contributed by atoms with Gasteiger partial charge < -0.3 is 5.32 Å². The van der Waals surface area contributed by atoms with Gasteiger partial charge >= 0.3 is 10.3 Å². The van der Waals surface area contributed by atoms with Crippen LogP contribution in [0.5, 0.6) is 0 Å². The minimum absolute atomic E-state index is 0.0422. The van der Waals surface area contributed by atoms with Crippen LogP contribution < -0.4 is 15.4 Å². The van der Waals surface area contributed by atoms with Crippen LogP contribution in [-0.2, 0) is 25.8 Å². The van der Waals surface area contributed by atoms with Crippen LogP contribution >= 0.6 is 22.9 Å². The van der Waals surface area contributed by atoms with Crippen molar-refractivity contribution < 1.29 is 21.8 Å². The lowest BCUT2D eigenvalue weighted by Crippen LogP contribution is -2.28. The fourth-order valence-electron chi connectivity index (χ4n) is 2.59. The van der Waals surface area contributed by atoms with Crippen LogP contribution in [-0.4, -0.2) is 39.5 Å². The van der Waals surface area contributed by atoms with Crippen LogP contribution in [0.3, 0.4) is 0 Å². The Morgan fingerprint density at radius 3 is 3.00 bits per heavy atom. The number of nitrogens with one attached hydrogen (secondary N) is 3. The molecule has 1 aliphatic rings. The van der Waals surface area contributed by atoms with Gasteiger partial charge in [-0.2, -0.15) is 13.1 Å². The van der Waals surface area contributed by atoms with Crippen molar-refractivity contribution in [3.8, 4) is 0 Å². The molecular weight excluding hydrogens is 419 g/mol.